The third-order valence-electron chi connectivity index (χ3n) is 5.25. The highest BCUT2D eigenvalue weighted by molar-refractivity contribution is 8.02. The van der Waals surface area contributed by atoms with Crippen LogP contribution in [-0.4, -0.2) is 50.8 Å². The first-order chi connectivity index (χ1) is 11.7. The first-order valence-corrected chi connectivity index (χ1v) is 9.70. The van der Waals surface area contributed by atoms with E-state index in [4.69, 9.17) is 0 Å². The van der Waals surface area contributed by atoms with Gasteiger partial charge < -0.3 is 9.80 Å². The molecule has 2 aliphatic heterocycles. The minimum Gasteiger partial charge on any atom is -0.341 e. The van der Waals surface area contributed by atoms with Gasteiger partial charge in [-0.1, -0.05) is 24.2 Å². The van der Waals surface area contributed by atoms with Crippen LogP contribution in [0.5, 0.6) is 0 Å². The monoisotopic (exact) mass is 344 g/mol. The van der Waals surface area contributed by atoms with Crippen molar-refractivity contribution in [2.24, 2.45) is 5.92 Å². The number of nitrogens with zero attached hydrogens (tertiary/aromatic N) is 4. The maximum atomic E-state index is 12.8. The number of thioether (sulfide) groups is 1. The lowest BCUT2D eigenvalue weighted by molar-refractivity contribution is 0.142. The number of allylic oxidation sites excluding steroid dienone is 1. The van der Waals surface area contributed by atoms with Gasteiger partial charge in [-0.3, -0.25) is 9.88 Å². The summed E-state index contributed by atoms with van der Waals surface area (Å²) in [5.41, 5.74) is 2.47. The van der Waals surface area contributed by atoms with Crippen molar-refractivity contribution in [3.63, 3.8) is 0 Å². The fraction of sp³-hybridized carbons (Fsp3) is 0.556. The molecule has 0 N–H and O–H groups in total. The topological polar surface area (TPSA) is 39.7 Å². The maximum absolute atomic E-state index is 12.8. The molecule has 1 atom stereocenters. The predicted molar refractivity (Wildman–Crippen MR) is 95.9 cm³/mol. The molecule has 1 aromatic rings. The van der Waals surface area contributed by atoms with E-state index in [-0.39, 0.29) is 11.5 Å². The number of aromatic nitrogens is 1. The Morgan fingerprint density at radius 1 is 1.33 bits per heavy atom. The van der Waals surface area contributed by atoms with Crippen LogP contribution in [0.3, 0.4) is 0 Å². The molecule has 3 heterocycles. The van der Waals surface area contributed by atoms with Crippen molar-refractivity contribution in [2.75, 3.05) is 19.6 Å². The van der Waals surface area contributed by atoms with Gasteiger partial charge in [0.2, 0.25) is 0 Å². The molecule has 0 bridgehead atoms. The van der Waals surface area contributed by atoms with E-state index < -0.39 is 0 Å². The average molecular weight is 344 g/mol. The fourth-order valence-electron chi connectivity index (χ4n) is 3.57. The standard InChI is InChI=1S/C18H24N4OS/c1-14-13-24-18(22(14)12-16-6-3-7-19-10-16)21-9-8-20(17(21)23)11-15-4-2-5-15/h3,6-7,10,13,15,18H,2,4-5,8-9,11-12H2,1H3. The molecule has 2 fully saturated rings. The molecule has 24 heavy (non-hydrogen) atoms. The molecule has 0 aromatic carbocycles. The van der Waals surface area contributed by atoms with Gasteiger partial charge in [0.05, 0.1) is 0 Å². The zero-order valence-electron chi connectivity index (χ0n) is 14.1. The van der Waals surface area contributed by atoms with E-state index in [9.17, 15) is 4.79 Å². The lowest BCUT2D eigenvalue weighted by Gasteiger charge is -2.35. The lowest BCUT2D eigenvalue weighted by atomic mass is 9.85. The van der Waals surface area contributed by atoms with Crippen molar-refractivity contribution < 1.29 is 4.79 Å². The second-order valence-corrected chi connectivity index (χ2v) is 7.86. The van der Waals surface area contributed by atoms with Crippen molar-refractivity contribution in [3.05, 3.63) is 41.2 Å². The molecule has 0 spiro atoms. The SMILES string of the molecule is CC1=CSC(N2CCN(CC3CCC3)C2=O)N1Cc1cccnc1. The summed E-state index contributed by atoms with van der Waals surface area (Å²) in [4.78, 5) is 23.5. The Bertz CT molecular complexity index is 631. The second-order valence-electron chi connectivity index (χ2n) is 6.93. The third-order valence-corrected chi connectivity index (χ3v) is 6.48. The van der Waals surface area contributed by atoms with Crippen LogP contribution in [0.1, 0.15) is 31.7 Å². The van der Waals surface area contributed by atoms with Crippen LogP contribution >= 0.6 is 11.8 Å². The van der Waals surface area contributed by atoms with Gasteiger partial charge in [0.1, 0.15) is 0 Å². The summed E-state index contributed by atoms with van der Waals surface area (Å²) in [7, 11) is 0. The van der Waals surface area contributed by atoms with E-state index in [0.29, 0.717) is 0 Å². The summed E-state index contributed by atoms with van der Waals surface area (Å²) >= 11 is 1.74. The number of carbonyl (C=O) groups is 1. The second kappa shape index (κ2) is 6.67. The highest BCUT2D eigenvalue weighted by Gasteiger charge is 2.39. The Labute approximate surface area is 147 Å². The van der Waals surface area contributed by atoms with E-state index in [2.05, 4.69) is 33.2 Å². The number of amides is 2. The van der Waals surface area contributed by atoms with Gasteiger partial charge in [0, 0.05) is 44.3 Å². The molecule has 1 aromatic heterocycles. The van der Waals surface area contributed by atoms with E-state index >= 15 is 0 Å². The van der Waals surface area contributed by atoms with Crippen LogP contribution in [0, 0.1) is 5.92 Å². The van der Waals surface area contributed by atoms with Gasteiger partial charge in [-0.25, -0.2) is 4.79 Å². The molecular formula is C18H24N4OS. The van der Waals surface area contributed by atoms with E-state index in [0.717, 1.165) is 32.1 Å². The van der Waals surface area contributed by atoms with Crippen LogP contribution in [0.4, 0.5) is 4.79 Å². The molecule has 1 unspecified atom stereocenters. The van der Waals surface area contributed by atoms with Crippen LogP contribution in [0.15, 0.2) is 35.6 Å². The van der Waals surface area contributed by atoms with Gasteiger partial charge in [-0.2, -0.15) is 0 Å². The molecule has 1 saturated carbocycles. The van der Waals surface area contributed by atoms with Crippen molar-refractivity contribution in [1.82, 2.24) is 19.7 Å². The lowest BCUT2D eigenvalue weighted by Crippen LogP contribution is -2.45. The Kier molecular flexibility index (Phi) is 4.39. The zero-order valence-corrected chi connectivity index (χ0v) is 14.9. The average Bonchev–Trinajstić information content (AvgIpc) is 3.08. The van der Waals surface area contributed by atoms with Crippen molar-refractivity contribution in [1.29, 1.82) is 0 Å². The number of rotatable bonds is 5. The molecule has 4 rings (SSSR count). The fourth-order valence-corrected chi connectivity index (χ4v) is 4.75. The van der Waals surface area contributed by atoms with Gasteiger partial charge >= 0.3 is 6.03 Å². The molecule has 2 amide bonds. The number of hydrogen-bond donors (Lipinski definition) is 0. The Balaban J connectivity index is 1.43. The van der Waals surface area contributed by atoms with Gasteiger partial charge in [0.15, 0.2) is 5.50 Å². The predicted octanol–water partition coefficient (Wildman–Crippen LogP) is 3.31. The number of urea groups is 1. The molecular weight excluding hydrogens is 320 g/mol. The molecule has 1 aliphatic carbocycles. The highest BCUT2D eigenvalue weighted by Crippen LogP contribution is 2.36. The quantitative estimate of drug-likeness (QED) is 0.821. The summed E-state index contributed by atoms with van der Waals surface area (Å²) in [5, 5.41) is 2.17. The van der Waals surface area contributed by atoms with Gasteiger partial charge in [0.25, 0.3) is 0 Å². The Hall–Kier alpha value is -1.69. The highest BCUT2D eigenvalue weighted by atomic mass is 32.2. The molecule has 3 aliphatic rings. The summed E-state index contributed by atoms with van der Waals surface area (Å²) < 4.78 is 0. The summed E-state index contributed by atoms with van der Waals surface area (Å²) in [5.74, 6) is 0.733. The van der Waals surface area contributed by atoms with Crippen LogP contribution in [0.2, 0.25) is 0 Å². The first-order valence-electron chi connectivity index (χ1n) is 8.76. The summed E-state index contributed by atoms with van der Waals surface area (Å²) in [6, 6.07) is 4.27. The first kappa shape index (κ1) is 15.8. The minimum atomic E-state index is 0.0732. The van der Waals surface area contributed by atoms with E-state index in [1.54, 1.807) is 18.0 Å². The summed E-state index contributed by atoms with van der Waals surface area (Å²) in [6.45, 7) is 5.55. The third kappa shape index (κ3) is 2.99. The molecule has 0 radical (unpaired) electrons. The number of carbonyl (C=O) groups excluding carboxylic acids is 1. The number of hydrogen-bond acceptors (Lipinski definition) is 4. The number of pyridine rings is 1. The van der Waals surface area contributed by atoms with Crippen molar-refractivity contribution >= 4 is 17.8 Å². The minimum absolute atomic E-state index is 0.0732. The zero-order chi connectivity index (χ0) is 16.5. The largest absolute Gasteiger partial charge is 0.341 e. The summed E-state index contributed by atoms with van der Waals surface area (Å²) in [6.07, 6.45) is 7.61. The molecule has 5 nitrogen and oxygen atoms in total. The van der Waals surface area contributed by atoms with E-state index in [1.165, 1.54) is 30.5 Å². The normalized spacial score (nSPS) is 24.5. The maximum Gasteiger partial charge on any atom is 0.322 e. The van der Waals surface area contributed by atoms with Crippen LogP contribution < -0.4 is 0 Å². The molecule has 6 heteroatoms. The molecule has 1 saturated heterocycles. The van der Waals surface area contributed by atoms with Crippen molar-refractivity contribution in [2.45, 2.75) is 38.2 Å². The van der Waals surface area contributed by atoms with Gasteiger partial charge in [-0.15, -0.1) is 0 Å². The van der Waals surface area contributed by atoms with E-state index in [1.807, 2.05) is 17.2 Å². The smallest absolute Gasteiger partial charge is 0.322 e. The van der Waals surface area contributed by atoms with Crippen molar-refractivity contribution in [3.8, 4) is 0 Å². The van der Waals surface area contributed by atoms with Crippen LogP contribution in [-0.2, 0) is 6.54 Å². The molecule has 128 valence electrons. The Morgan fingerprint density at radius 3 is 2.92 bits per heavy atom. The van der Waals surface area contributed by atoms with Gasteiger partial charge in [-0.05, 0) is 42.7 Å². The van der Waals surface area contributed by atoms with Crippen LogP contribution in [0.25, 0.3) is 0 Å². The Morgan fingerprint density at radius 2 is 2.21 bits per heavy atom.